The highest BCUT2D eigenvalue weighted by atomic mass is 16.2. The van der Waals surface area contributed by atoms with Crippen LogP contribution in [0, 0.1) is 0 Å². The van der Waals surface area contributed by atoms with Gasteiger partial charge in [-0.1, -0.05) is 30.3 Å². The van der Waals surface area contributed by atoms with Crippen LogP contribution < -0.4 is 10.2 Å². The maximum Gasteiger partial charge on any atom is 0.225 e. The van der Waals surface area contributed by atoms with Gasteiger partial charge in [0.1, 0.15) is 0 Å². The molecule has 3 rings (SSSR count). The van der Waals surface area contributed by atoms with Crippen LogP contribution in [0.3, 0.4) is 0 Å². The van der Waals surface area contributed by atoms with Crippen molar-refractivity contribution in [2.75, 3.05) is 18.0 Å². The average Bonchev–Trinajstić information content (AvgIpc) is 2.68. The lowest BCUT2D eigenvalue weighted by Gasteiger charge is -2.33. The number of hydrogen-bond acceptors (Lipinski definition) is 5. The molecule has 25 heavy (non-hydrogen) atoms. The summed E-state index contributed by atoms with van der Waals surface area (Å²) in [6.07, 6.45) is 5.80. The predicted molar refractivity (Wildman–Crippen MR) is 95.4 cm³/mol. The fourth-order valence-corrected chi connectivity index (χ4v) is 3.03. The zero-order valence-electron chi connectivity index (χ0n) is 14.1. The molecule has 1 atom stereocenters. The van der Waals surface area contributed by atoms with Gasteiger partial charge in [-0.25, -0.2) is 9.97 Å². The van der Waals surface area contributed by atoms with E-state index in [-0.39, 0.29) is 30.6 Å². The summed E-state index contributed by atoms with van der Waals surface area (Å²) >= 11 is 0. The minimum absolute atomic E-state index is 0.00120. The third-order valence-electron chi connectivity index (χ3n) is 4.30. The Morgan fingerprint density at radius 3 is 2.60 bits per heavy atom. The molecule has 1 amide bonds. The fourth-order valence-electron chi connectivity index (χ4n) is 3.03. The summed E-state index contributed by atoms with van der Waals surface area (Å²) in [6.45, 7) is 1.59. The largest absolute Gasteiger partial charge is 0.352 e. The summed E-state index contributed by atoms with van der Waals surface area (Å²) in [5.41, 5.74) is 0.653. The molecule has 0 spiro atoms. The van der Waals surface area contributed by atoms with Gasteiger partial charge >= 0.3 is 0 Å². The van der Waals surface area contributed by atoms with Crippen LogP contribution in [0.5, 0.6) is 0 Å². The first-order valence-electron chi connectivity index (χ1n) is 8.62. The monoisotopic (exact) mass is 338 g/mol. The number of Topliss-reactive ketones (excluding diaryl/α,β-unsaturated/α-hetero) is 1. The van der Waals surface area contributed by atoms with Crippen molar-refractivity contribution in [3.05, 3.63) is 54.4 Å². The van der Waals surface area contributed by atoms with Crippen LogP contribution >= 0.6 is 0 Å². The normalized spacial score (nSPS) is 17.1. The number of piperidine rings is 1. The third kappa shape index (κ3) is 4.86. The Morgan fingerprint density at radius 1 is 1.08 bits per heavy atom. The van der Waals surface area contributed by atoms with Gasteiger partial charge < -0.3 is 10.2 Å². The Bertz CT molecular complexity index is 706. The van der Waals surface area contributed by atoms with Crippen molar-refractivity contribution in [2.24, 2.45) is 0 Å². The molecule has 1 unspecified atom stereocenters. The number of nitrogens with one attached hydrogen (secondary N) is 1. The first-order valence-corrected chi connectivity index (χ1v) is 8.62. The minimum atomic E-state index is -0.0786. The molecule has 1 aliphatic heterocycles. The molecular formula is C19H22N4O2. The quantitative estimate of drug-likeness (QED) is 0.818. The first-order chi connectivity index (χ1) is 12.2. The van der Waals surface area contributed by atoms with Gasteiger partial charge in [0, 0.05) is 49.9 Å². The molecule has 1 N–H and O–H groups in total. The van der Waals surface area contributed by atoms with Gasteiger partial charge in [-0.05, 0) is 18.9 Å². The number of ketones is 1. The van der Waals surface area contributed by atoms with Crippen molar-refractivity contribution in [3.63, 3.8) is 0 Å². The number of aromatic nitrogens is 2. The van der Waals surface area contributed by atoms with E-state index >= 15 is 0 Å². The summed E-state index contributed by atoms with van der Waals surface area (Å²) in [5.74, 6) is 0.615. The zero-order valence-corrected chi connectivity index (χ0v) is 14.1. The van der Waals surface area contributed by atoms with Gasteiger partial charge in [0.15, 0.2) is 5.78 Å². The molecule has 1 saturated heterocycles. The van der Waals surface area contributed by atoms with Gasteiger partial charge in [0.2, 0.25) is 11.9 Å². The van der Waals surface area contributed by atoms with Crippen molar-refractivity contribution < 1.29 is 9.59 Å². The van der Waals surface area contributed by atoms with Crippen LogP contribution in [0.15, 0.2) is 48.8 Å². The standard InChI is InChI=1S/C19H22N4O2/c24-17(15-6-2-1-3-7-15)9-10-18(25)22-16-8-4-13-23(14-16)19-20-11-5-12-21-19/h1-3,5-7,11-12,16H,4,8-10,13-14H2,(H,22,25). The lowest BCUT2D eigenvalue weighted by atomic mass is 10.0. The molecule has 6 heteroatoms. The molecule has 0 bridgehead atoms. The Labute approximate surface area is 147 Å². The van der Waals surface area contributed by atoms with Crippen LogP contribution in [0.2, 0.25) is 0 Å². The second kappa shape index (κ2) is 8.37. The molecule has 130 valence electrons. The summed E-state index contributed by atoms with van der Waals surface area (Å²) < 4.78 is 0. The number of amides is 1. The van der Waals surface area contributed by atoms with Gasteiger partial charge in [-0.2, -0.15) is 0 Å². The van der Waals surface area contributed by atoms with Crippen molar-refractivity contribution in [1.29, 1.82) is 0 Å². The summed E-state index contributed by atoms with van der Waals surface area (Å²) in [5, 5.41) is 3.04. The van der Waals surface area contributed by atoms with Crippen LogP contribution in [0.4, 0.5) is 5.95 Å². The SMILES string of the molecule is O=C(CCC(=O)c1ccccc1)NC1CCCN(c2ncccn2)C1. The predicted octanol–water partition coefficient (Wildman–Crippen LogP) is 2.22. The van der Waals surface area contributed by atoms with Crippen molar-refractivity contribution in [1.82, 2.24) is 15.3 Å². The molecule has 2 heterocycles. The topological polar surface area (TPSA) is 75.2 Å². The number of nitrogens with zero attached hydrogens (tertiary/aromatic N) is 3. The maximum absolute atomic E-state index is 12.2. The zero-order chi connectivity index (χ0) is 17.5. The van der Waals surface area contributed by atoms with E-state index in [1.54, 1.807) is 30.6 Å². The fraction of sp³-hybridized carbons (Fsp3) is 0.368. The number of anilines is 1. The van der Waals surface area contributed by atoms with Crippen LogP contribution in [0.25, 0.3) is 0 Å². The molecule has 0 radical (unpaired) electrons. The molecule has 1 aliphatic rings. The maximum atomic E-state index is 12.2. The average molecular weight is 338 g/mol. The number of carbonyl (C=O) groups excluding carboxylic acids is 2. The van der Waals surface area contributed by atoms with E-state index in [4.69, 9.17) is 0 Å². The van der Waals surface area contributed by atoms with E-state index in [9.17, 15) is 9.59 Å². The molecule has 0 saturated carbocycles. The molecule has 6 nitrogen and oxygen atoms in total. The number of benzene rings is 1. The Kier molecular flexibility index (Phi) is 5.72. The van der Waals surface area contributed by atoms with Crippen LogP contribution in [-0.4, -0.2) is 40.8 Å². The van der Waals surface area contributed by atoms with Crippen molar-refractivity contribution >= 4 is 17.6 Å². The van der Waals surface area contributed by atoms with Crippen LogP contribution in [-0.2, 0) is 4.79 Å². The molecule has 0 aliphatic carbocycles. The van der Waals surface area contributed by atoms with E-state index in [1.165, 1.54) is 0 Å². The lowest BCUT2D eigenvalue weighted by molar-refractivity contribution is -0.121. The van der Waals surface area contributed by atoms with Gasteiger partial charge in [0.05, 0.1) is 0 Å². The van der Waals surface area contributed by atoms with E-state index in [2.05, 4.69) is 20.2 Å². The highest BCUT2D eigenvalue weighted by molar-refractivity contribution is 5.97. The highest BCUT2D eigenvalue weighted by Gasteiger charge is 2.23. The summed E-state index contributed by atoms with van der Waals surface area (Å²) in [7, 11) is 0. The Morgan fingerprint density at radius 2 is 1.84 bits per heavy atom. The van der Waals surface area contributed by atoms with Crippen molar-refractivity contribution in [3.8, 4) is 0 Å². The van der Waals surface area contributed by atoms with Crippen LogP contribution in [0.1, 0.15) is 36.0 Å². The molecule has 1 aromatic heterocycles. The van der Waals surface area contributed by atoms with Gasteiger partial charge in [-0.15, -0.1) is 0 Å². The molecule has 1 aromatic carbocycles. The van der Waals surface area contributed by atoms with Gasteiger partial charge in [-0.3, -0.25) is 9.59 Å². The molecule has 2 aromatic rings. The van der Waals surface area contributed by atoms with E-state index in [1.807, 2.05) is 18.2 Å². The number of hydrogen-bond donors (Lipinski definition) is 1. The third-order valence-corrected chi connectivity index (χ3v) is 4.30. The van der Waals surface area contributed by atoms with E-state index < -0.39 is 0 Å². The smallest absolute Gasteiger partial charge is 0.225 e. The Balaban J connectivity index is 1.47. The van der Waals surface area contributed by atoms with E-state index in [0.29, 0.717) is 18.1 Å². The van der Waals surface area contributed by atoms with E-state index in [0.717, 1.165) is 19.4 Å². The van der Waals surface area contributed by atoms with Gasteiger partial charge in [0.25, 0.3) is 0 Å². The second-order valence-corrected chi connectivity index (χ2v) is 6.19. The first kappa shape index (κ1) is 17.1. The lowest BCUT2D eigenvalue weighted by Crippen LogP contribution is -2.48. The summed E-state index contributed by atoms with van der Waals surface area (Å²) in [6, 6.07) is 10.9. The summed E-state index contributed by atoms with van der Waals surface area (Å²) in [4.78, 5) is 34.9. The molecular weight excluding hydrogens is 316 g/mol. The number of rotatable bonds is 6. The highest BCUT2D eigenvalue weighted by Crippen LogP contribution is 2.15. The minimum Gasteiger partial charge on any atom is -0.352 e. The Hall–Kier alpha value is -2.76. The van der Waals surface area contributed by atoms with Crippen molar-refractivity contribution in [2.45, 2.75) is 31.7 Å². The number of carbonyl (C=O) groups is 2. The molecule has 1 fully saturated rings. The second-order valence-electron chi connectivity index (χ2n) is 6.19.